The predicted molar refractivity (Wildman–Crippen MR) is 92.7 cm³/mol. The van der Waals surface area contributed by atoms with Crippen molar-refractivity contribution in [2.45, 2.75) is 11.8 Å². The van der Waals surface area contributed by atoms with E-state index in [1.54, 1.807) is 23.5 Å². The molecule has 0 saturated carbocycles. The van der Waals surface area contributed by atoms with Gasteiger partial charge in [-0.2, -0.15) is 0 Å². The van der Waals surface area contributed by atoms with Gasteiger partial charge in [-0.25, -0.2) is 8.42 Å². The third-order valence-electron chi connectivity index (χ3n) is 2.98. The summed E-state index contributed by atoms with van der Waals surface area (Å²) >= 11 is 1.69. The molecule has 0 fully saturated rings. The molecule has 0 atom stereocenters. The lowest BCUT2D eigenvalue weighted by Crippen LogP contribution is -3.61. The van der Waals surface area contributed by atoms with E-state index in [1.807, 2.05) is 25.1 Å². The second-order valence-corrected chi connectivity index (χ2v) is 11.0. The van der Waals surface area contributed by atoms with Crippen LogP contribution in [0.4, 0.5) is 0 Å². The number of aldehydes is 1. The molecule has 25 heavy (non-hydrogen) atoms. The topological polar surface area (TPSA) is 74.3 Å². The molecular weight excluding hydrogens is 471 g/mol. The van der Waals surface area contributed by atoms with Gasteiger partial charge in [0.2, 0.25) is 2.88 Å². The highest BCUT2D eigenvalue weighted by Crippen LogP contribution is 2.08. The summed E-state index contributed by atoms with van der Waals surface area (Å²) in [6.45, 7) is 1.82. The number of carbonyl (C=O) groups excluding carboxylic acids is 1. The van der Waals surface area contributed by atoms with Crippen molar-refractivity contribution in [2.75, 3.05) is 0 Å². The molecule has 2 aromatic carbocycles. The van der Waals surface area contributed by atoms with Crippen molar-refractivity contribution in [2.24, 2.45) is 0 Å². The molecule has 0 amide bonds. The Morgan fingerprint density at radius 3 is 2.32 bits per heavy atom. The molecule has 0 unspecified atom stereocenters. The first-order valence-corrected chi connectivity index (χ1v) is 11.6. The van der Waals surface area contributed by atoms with E-state index in [4.69, 9.17) is 0 Å². The Labute approximate surface area is 161 Å². The van der Waals surface area contributed by atoms with E-state index in [1.165, 1.54) is 18.6 Å². The molecule has 4 nitrogen and oxygen atoms in total. The lowest BCUT2D eigenvalue weighted by molar-refractivity contribution is -0.591. The fourth-order valence-electron chi connectivity index (χ4n) is 1.76. The lowest BCUT2D eigenvalue weighted by atomic mass is 10.2. The second-order valence-electron chi connectivity index (χ2n) is 4.95. The number of rotatable bonds is 4. The smallest absolute Gasteiger partial charge is 0.369 e. The van der Waals surface area contributed by atoms with Gasteiger partial charge in [-0.1, -0.05) is 41.2 Å². The summed E-state index contributed by atoms with van der Waals surface area (Å²) in [6, 6.07) is 17.9. The minimum Gasteiger partial charge on any atom is -0.744 e. The molecule has 0 bridgehead atoms. The summed E-state index contributed by atoms with van der Waals surface area (Å²) in [7, 11) is -4.27. The van der Waals surface area contributed by atoms with Crippen molar-refractivity contribution >= 4 is 27.7 Å². The standard InChI is InChI=1S/C11H8IOS.C7H8O3S/c13-8-9-3-1-4-10(7-9)12-11-5-2-6-14-11;1-6-2-4-7(5-3-6)11(8,9)10/h1-8H;2-5H,1H3,(H,8,9,10)/q+1;/p-1. The first-order valence-electron chi connectivity index (χ1n) is 7.14. The number of hydrogen-bond donors (Lipinski definition) is 0. The van der Waals surface area contributed by atoms with Crippen molar-refractivity contribution < 1.29 is 39.0 Å². The number of halogens is 1. The van der Waals surface area contributed by atoms with Crippen molar-refractivity contribution in [3.05, 3.63) is 83.6 Å². The molecule has 0 aliphatic heterocycles. The Morgan fingerprint density at radius 1 is 1.04 bits per heavy atom. The normalized spacial score (nSPS) is 10.6. The zero-order valence-electron chi connectivity index (χ0n) is 13.3. The van der Waals surface area contributed by atoms with E-state index in [0.29, 0.717) is 0 Å². The fraction of sp³-hybridized carbons (Fsp3) is 0.0556. The maximum Gasteiger partial charge on any atom is 0.369 e. The maximum absolute atomic E-state index is 10.6. The van der Waals surface area contributed by atoms with Gasteiger partial charge in [-0.3, -0.25) is 4.79 Å². The molecule has 0 radical (unpaired) electrons. The Morgan fingerprint density at radius 2 is 1.76 bits per heavy atom. The molecular formula is C18H15IO4S2. The van der Waals surface area contributed by atoms with Gasteiger partial charge in [0, 0.05) is 17.7 Å². The quantitative estimate of drug-likeness (QED) is 0.308. The molecule has 0 spiro atoms. The molecule has 7 heteroatoms. The first kappa shape index (κ1) is 19.8. The zero-order valence-corrected chi connectivity index (χ0v) is 17.0. The molecule has 0 aliphatic carbocycles. The number of benzene rings is 2. The molecule has 3 rings (SSSR count). The van der Waals surface area contributed by atoms with Crippen LogP contribution in [0.2, 0.25) is 0 Å². The van der Waals surface area contributed by atoms with Gasteiger partial charge in [-0.05, 0) is 36.6 Å². The minimum absolute atomic E-state index is 0.0970. The van der Waals surface area contributed by atoms with Crippen LogP contribution in [0.1, 0.15) is 15.9 Å². The van der Waals surface area contributed by atoms with Gasteiger partial charge < -0.3 is 4.55 Å². The molecule has 130 valence electrons. The van der Waals surface area contributed by atoms with Crippen molar-refractivity contribution in [3.8, 4) is 0 Å². The van der Waals surface area contributed by atoms with Crippen LogP contribution in [0.3, 0.4) is 0 Å². The molecule has 1 heterocycles. The third-order valence-corrected chi connectivity index (χ3v) is 7.95. The van der Waals surface area contributed by atoms with E-state index in [9.17, 15) is 17.8 Å². The summed E-state index contributed by atoms with van der Waals surface area (Å²) in [5, 5.41) is 2.10. The van der Waals surface area contributed by atoms with Crippen LogP contribution in [0, 0.1) is 13.4 Å². The summed E-state index contributed by atoms with van der Waals surface area (Å²) in [6.07, 6.45) is 0.904. The van der Waals surface area contributed by atoms with Crippen molar-refractivity contribution in [1.29, 1.82) is 0 Å². The molecule has 1 aromatic heterocycles. The maximum atomic E-state index is 10.6. The van der Waals surface area contributed by atoms with Crippen LogP contribution >= 0.6 is 11.3 Å². The largest absolute Gasteiger partial charge is 0.744 e. The highest BCUT2D eigenvalue weighted by atomic mass is 127. The first-order chi connectivity index (χ1) is 11.9. The van der Waals surface area contributed by atoms with E-state index in [-0.39, 0.29) is 26.1 Å². The van der Waals surface area contributed by atoms with E-state index in [0.717, 1.165) is 17.4 Å². The van der Waals surface area contributed by atoms with Gasteiger partial charge in [0.15, 0.2) is 3.57 Å². The summed E-state index contributed by atoms with van der Waals surface area (Å²) in [4.78, 5) is 10.4. The van der Waals surface area contributed by atoms with E-state index < -0.39 is 10.1 Å². The Kier molecular flexibility index (Phi) is 7.30. The molecule has 0 aliphatic rings. The molecule has 0 N–H and O–H groups in total. The van der Waals surface area contributed by atoms with Crippen LogP contribution in [0.5, 0.6) is 0 Å². The van der Waals surface area contributed by atoms with Crippen molar-refractivity contribution in [1.82, 2.24) is 0 Å². The summed E-state index contributed by atoms with van der Waals surface area (Å²) in [5.41, 5.74) is 1.70. The van der Waals surface area contributed by atoms with Gasteiger partial charge in [0.25, 0.3) is 0 Å². The predicted octanol–water partition coefficient (Wildman–Crippen LogP) is 0.588. The SMILES string of the molecule is Cc1ccc(S(=O)(=O)[O-])cc1.O=Cc1cccc([I+]c2cccs2)c1. The van der Waals surface area contributed by atoms with Gasteiger partial charge in [0.1, 0.15) is 16.4 Å². The van der Waals surface area contributed by atoms with Gasteiger partial charge >= 0.3 is 21.2 Å². The van der Waals surface area contributed by atoms with Gasteiger partial charge in [-0.15, -0.1) is 0 Å². The second kappa shape index (κ2) is 9.23. The molecule has 0 saturated heterocycles. The van der Waals surface area contributed by atoms with Gasteiger partial charge in [0.05, 0.1) is 4.90 Å². The third kappa shape index (κ3) is 6.69. The van der Waals surface area contributed by atoms with Crippen LogP contribution in [0.15, 0.2) is 70.9 Å². The average molecular weight is 486 g/mol. The molecule has 3 aromatic rings. The fourth-order valence-corrected chi connectivity index (χ4v) is 6.04. The van der Waals surface area contributed by atoms with E-state index >= 15 is 0 Å². The number of aryl methyl sites for hydroxylation is 1. The summed E-state index contributed by atoms with van der Waals surface area (Å²) in [5.74, 6) is 0. The monoisotopic (exact) mass is 486 g/mol. The number of carbonyl (C=O) groups is 1. The number of thiophene rings is 1. The van der Waals surface area contributed by atoms with Crippen LogP contribution in [-0.2, 0) is 10.1 Å². The lowest BCUT2D eigenvalue weighted by Gasteiger charge is -2.05. The average Bonchev–Trinajstić information content (AvgIpc) is 3.08. The highest BCUT2D eigenvalue weighted by Gasteiger charge is 2.16. The Hall–Kier alpha value is -1.55. The summed E-state index contributed by atoms with van der Waals surface area (Å²) < 4.78 is 33.9. The Balaban J connectivity index is 0.000000186. The van der Waals surface area contributed by atoms with Crippen molar-refractivity contribution in [3.63, 3.8) is 0 Å². The van der Waals surface area contributed by atoms with Crippen LogP contribution < -0.4 is 21.2 Å². The van der Waals surface area contributed by atoms with Crippen LogP contribution in [-0.4, -0.2) is 19.3 Å². The van der Waals surface area contributed by atoms with E-state index in [2.05, 4.69) is 23.6 Å². The van der Waals surface area contributed by atoms with Crippen LogP contribution in [0.25, 0.3) is 0 Å². The zero-order chi connectivity index (χ0) is 18.3. The minimum atomic E-state index is -4.27. The number of hydrogen-bond acceptors (Lipinski definition) is 5. The Bertz CT molecular complexity index is 918. The highest BCUT2D eigenvalue weighted by molar-refractivity contribution is 7.85.